The van der Waals surface area contributed by atoms with Gasteiger partial charge in [-0.3, -0.25) is 0 Å². The molecule has 2 N–H and O–H groups in total. The molecule has 0 aliphatic heterocycles. The normalized spacial score (nSPS) is 10.4. The zero-order valence-corrected chi connectivity index (χ0v) is 13.5. The standard InChI is InChI=1S/C10H9Br3O4/c1-2-3-4-5(11)6(12)7(13)8(14)9(4)17-10(15)16/h14H,2-3H2,1H3,(H,15,16). The van der Waals surface area contributed by atoms with Crippen molar-refractivity contribution in [2.45, 2.75) is 19.8 Å². The molecule has 0 heterocycles. The molecule has 0 saturated heterocycles. The first kappa shape index (κ1) is 14.8. The van der Waals surface area contributed by atoms with E-state index in [9.17, 15) is 9.90 Å². The molecule has 0 radical (unpaired) electrons. The van der Waals surface area contributed by atoms with E-state index in [0.717, 1.165) is 6.42 Å². The lowest BCUT2D eigenvalue weighted by molar-refractivity contribution is 0.142. The highest BCUT2D eigenvalue weighted by atomic mass is 79.9. The molecule has 0 atom stereocenters. The molecule has 17 heavy (non-hydrogen) atoms. The first-order valence-electron chi connectivity index (χ1n) is 4.69. The minimum Gasteiger partial charge on any atom is -0.503 e. The van der Waals surface area contributed by atoms with Gasteiger partial charge in [-0.25, -0.2) is 4.79 Å². The monoisotopic (exact) mass is 430 g/mol. The zero-order chi connectivity index (χ0) is 13.2. The van der Waals surface area contributed by atoms with E-state index in [1.54, 1.807) is 0 Å². The Hall–Kier alpha value is -0.270. The zero-order valence-electron chi connectivity index (χ0n) is 8.76. The molecule has 0 amide bonds. The highest BCUT2D eigenvalue weighted by Crippen LogP contribution is 2.47. The Bertz CT molecular complexity index is 460. The largest absolute Gasteiger partial charge is 0.511 e. The van der Waals surface area contributed by atoms with Gasteiger partial charge in [0.1, 0.15) is 0 Å². The third-order valence-electron chi connectivity index (χ3n) is 2.04. The molecule has 1 aromatic carbocycles. The predicted octanol–water partition coefficient (Wildman–Crippen LogP) is 4.69. The molecule has 4 nitrogen and oxygen atoms in total. The quantitative estimate of drug-likeness (QED) is 0.413. The van der Waals surface area contributed by atoms with Crippen LogP contribution in [0, 0.1) is 0 Å². The van der Waals surface area contributed by atoms with Crippen LogP contribution >= 0.6 is 47.8 Å². The van der Waals surface area contributed by atoms with Crippen LogP contribution in [0.4, 0.5) is 4.79 Å². The molecular weight excluding hydrogens is 424 g/mol. The van der Waals surface area contributed by atoms with Crippen molar-refractivity contribution >= 4 is 53.9 Å². The summed E-state index contributed by atoms with van der Waals surface area (Å²) in [6, 6.07) is 0. The summed E-state index contributed by atoms with van der Waals surface area (Å²) in [6.45, 7) is 1.95. The minimum absolute atomic E-state index is 0.0405. The lowest BCUT2D eigenvalue weighted by atomic mass is 10.1. The highest BCUT2D eigenvalue weighted by Gasteiger charge is 2.22. The van der Waals surface area contributed by atoms with Crippen molar-refractivity contribution in [3.8, 4) is 11.5 Å². The van der Waals surface area contributed by atoms with Crippen molar-refractivity contribution in [2.24, 2.45) is 0 Å². The van der Waals surface area contributed by atoms with E-state index in [1.807, 2.05) is 6.92 Å². The molecule has 0 bridgehead atoms. The number of rotatable bonds is 3. The van der Waals surface area contributed by atoms with Crippen LogP contribution in [0.3, 0.4) is 0 Å². The summed E-state index contributed by atoms with van der Waals surface area (Å²) in [4.78, 5) is 10.6. The van der Waals surface area contributed by atoms with E-state index >= 15 is 0 Å². The average Bonchev–Trinajstić information content (AvgIpc) is 2.28. The van der Waals surface area contributed by atoms with Crippen LogP contribution in [0.1, 0.15) is 18.9 Å². The van der Waals surface area contributed by atoms with Crippen molar-refractivity contribution in [1.82, 2.24) is 0 Å². The predicted molar refractivity (Wildman–Crippen MR) is 73.9 cm³/mol. The molecule has 0 unspecified atom stereocenters. The number of phenolic OH excluding ortho intramolecular Hbond substituents is 1. The summed E-state index contributed by atoms with van der Waals surface area (Å²) in [5.74, 6) is -0.271. The molecule has 0 aromatic heterocycles. The second-order valence-electron chi connectivity index (χ2n) is 3.22. The molecular formula is C10H9Br3O4. The smallest absolute Gasteiger partial charge is 0.503 e. The second kappa shape index (κ2) is 6.06. The van der Waals surface area contributed by atoms with E-state index < -0.39 is 6.16 Å². The van der Waals surface area contributed by atoms with Gasteiger partial charge in [0.05, 0.1) is 8.95 Å². The van der Waals surface area contributed by atoms with E-state index in [4.69, 9.17) is 5.11 Å². The van der Waals surface area contributed by atoms with Crippen LogP contribution in [0.25, 0.3) is 0 Å². The number of carbonyl (C=O) groups is 1. The first-order chi connectivity index (χ1) is 7.90. The Morgan fingerprint density at radius 2 is 1.82 bits per heavy atom. The maximum absolute atomic E-state index is 10.6. The SMILES string of the molecule is CCCc1c(Br)c(Br)c(Br)c(O)c1OC(=O)O. The van der Waals surface area contributed by atoms with Gasteiger partial charge in [0.25, 0.3) is 0 Å². The number of halogens is 3. The highest BCUT2D eigenvalue weighted by molar-refractivity contribution is 9.14. The van der Waals surface area contributed by atoms with E-state index in [-0.39, 0.29) is 11.5 Å². The van der Waals surface area contributed by atoms with Crippen molar-refractivity contribution in [2.75, 3.05) is 0 Å². The Kier molecular flexibility index (Phi) is 5.27. The lowest BCUT2D eigenvalue weighted by Gasteiger charge is -2.14. The fourth-order valence-corrected chi connectivity index (χ4v) is 2.99. The number of phenols is 1. The van der Waals surface area contributed by atoms with Crippen molar-refractivity contribution in [3.63, 3.8) is 0 Å². The molecule has 7 heteroatoms. The average molecular weight is 433 g/mol. The molecule has 94 valence electrons. The lowest BCUT2D eigenvalue weighted by Crippen LogP contribution is -2.06. The third-order valence-corrected chi connectivity index (χ3v) is 5.54. The number of carboxylic acid groups (broad SMARTS) is 1. The summed E-state index contributed by atoms with van der Waals surface area (Å²) in [6.07, 6.45) is -0.0798. The van der Waals surface area contributed by atoms with Crippen LogP contribution < -0.4 is 4.74 Å². The van der Waals surface area contributed by atoms with Gasteiger partial charge in [-0.15, -0.1) is 0 Å². The van der Waals surface area contributed by atoms with Crippen molar-refractivity contribution in [3.05, 3.63) is 19.0 Å². The fraction of sp³-hybridized carbons (Fsp3) is 0.300. The summed E-state index contributed by atoms with van der Waals surface area (Å²) in [7, 11) is 0. The van der Waals surface area contributed by atoms with Gasteiger partial charge < -0.3 is 14.9 Å². The minimum atomic E-state index is -1.46. The van der Waals surface area contributed by atoms with E-state index in [0.29, 0.717) is 25.4 Å². The van der Waals surface area contributed by atoms with E-state index in [2.05, 4.69) is 52.5 Å². The molecule has 0 spiro atoms. The maximum atomic E-state index is 10.6. The number of hydrogen-bond acceptors (Lipinski definition) is 3. The number of aromatic hydroxyl groups is 1. The maximum Gasteiger partial charge on any atom is 0.511 e. The van der Waals surface area contributed by atoms with Crippen LogP contribution in [-0.2, 0) is 6.42 Å². The summed E-state index contributed by atoms with van der Waals surface area (Å²) < 4.78 is 6.27. The Balaban J connectivity index is 3.47. The first-order valence-corrected chi connectivity index (χ1v) is 7.07. The molecule has 1 aromatic rings. The summed E-state index contributed by atoms with van der Waals surface area (Å²) in [5, 5.41) is 18.5. The molecule has 0 aliphatic carbocycles. The van der Waals surface area contributed by atoms with Crippen LogP contribution in [-0.4, -0.2) is 16.4 Å². The van der Waals surface area contributed by atoms with Gasteiger partial charge in [-0.05, 0) is 54.2 Å². The molecule has 0 fully saturated rings. The van der Waals surface area contributed by atoms with Gasteiger partial charge in [-0.1, -0.05) is 13.3 Å². The number of benzene rings is 1. The fourth-order valence-electron chi connectivity index (χ4n) is 1.35. The molecule has 1 rings (SSSR count). The summed E-state index contributed by atoms with van der Waals surface area (Å²) >= 11 is 9.80. The Morgan fingerprint density at radius 3 is 2.29 bits per heavy atom. The van der Waals surface area contributed by atoms with Gasteiger partial charge in [0, 0.05) is 10.0 Å². The summed E-state index contributed by atoms with van der Waals surface area (Å²) in [5.41, 5.74) is 0.613. The van der Waals surface area contributed by atoms with Gasteiger partial charge in [-0.2, -0.15) is 0 Å². The third kappa shape index (κ3) is 3.14. The van der Waals surface area contributed by atoms with Crippen LogP contribution in [0.5, 0.6) is 11.5 Å². The number of hydrogen-bond donors (Lipinski definition) is 2. The topological polar surface area (TPSA) is 66.8 Å². The Morgan fingerprint density at radius 1 is 1.24 bits per heavy atom. The molecule has 0 aliphatic rings. The van der Waals surface area contributed by atoms with Crippen molar-refractivity contribution in [1.29, 1.82) is 0 Å². The second-order valence-corrected chi connectivity index (χ2v) is 5.60. The van der Waals surface area contributed by atoms with Crippen LogP contribution in [0.15, 0.2) is 13.4 Å². The van der Waals surface area contributed by atoms with E-state index in [1.165, 1.54) is 0 Å². The van der Waals surface area contributed by atoms with Gasteiger partial charge in [0.2, 0.25) is 0 Å². The van der Waals surface area contributed by atoms with Crippen molar-refractivity contribution < 1.29 is 19.7 Å². The van der Waals surface area contributed by atoms with Gasteiger partial charge in [0.15, 0.2) is 11.5 Å². The van der Waals surface area contributed by atoms with Crippen LogP contribution in [0.2, 0.25) is 0 Å². The molecule has 0 saturated carbocycles. The number of ether oxygens (including phenoxy) is 1. The Labute approximate surface area is 123 Å². The van der Waals surface area contributed by atoms with Gasteiger partial charge >= 0.3 is 6.16 Å².